The molecule has 1 saturated heterocycles. The zero-order chi connectivity index (χ0) is 22.1. The van der Waals surface area contributed by atoms with E-state index >= 15 is 0 Å². The van der Waals surface area contributed by atoms with Crippen LogP contribution in [0.1, 0.15) is 40.5 Å². The number of benzene rings is 1. The van der Waals surface area contributed by atoms with Gasteiger partial charge in [0.05, 0.1) is 17.5 Å². The summed E-state index contributed by atoms with van der Waals surface area (Å²) in [5.74, 6) is 0.327. The molecule has 162 valence electrons. The highest BCUT2D eigenvalue weighted by molar-refractivity contribution is 5.95. The standard InChI is InChI=1S/C23H27FN6O/c1-15-19(13-26-29(15)4)22(31)30-10-6-8-17(14-30)21-20(12-25-23(27-21)28(2)3)16-7-5-9-18(24)11-16/h5,7,9,11-13,17H,6,8,10,14H2,1-4H3/t17-/m0/s1. The number of anilines is 1. The minimum absolute atomic E-state index is 0.00973. The molecule has 0 spiro atoms. The second-order valence-electron chi connectivity index (χ2n) is 8.23. The number of halogens is 1. The number of nitrogens with zero attached hydrogens (tertiary/aromatic N) is 6. The van der Waals surface area contributed by atoms with Crippen LogP contribution >= 0.6 is 0 Å². The number of carbonyl (C=O) groups is 1. The van der Waals surface area contributed by atoms with Crippen molar-refractivity contribution in [3.63, 3.8) is 0 Å². The second-order valence-corrected chi connectivity index (χ2v) is 8.23. The minimum Gasteiger partial charge on any atom is -0.347 e. The van der Waals surface area contributed by atoms with Crippen molar-refractivity contribution in [3.8, 4) is 11.1 Å². The molecule has 0 bridgehead atoms. The summed E-state index contributed by atoms with van der Waals surface area (Å²) in [7, 11) is 5.62. The summed E-state index contributed by atoms with van der Waals surface area (Å²) >= 11 is 0. The maximum atomic E-state index is 13.9. The fraction of sp³-hybridized carbons (Fsp3) is 0.391. The summed E-state index contributed by atoms with van der Waals surface area (Å²) in [6.07, 6.45) is 5.17. The zero-order valence-corrected chi connectivity index (χ0v) is 18.3. The van der Waals surface area contributed by atoms with Gasteiger partial charge >= 0.3 is 0 Å². The molecule has 1 aromatic carbocycles. The lowest BCUT2D eigenvalue weighted by Crippen LogP contribution is -2.39. The van der Waals surface area contributed by atoms with Crippen molar-refractivity contribution >= 4 is 11.9 Å². The van der Waals surface area contributed by atoms with Crippen molar-refractivity contribution < 1.29 is 9.18 Å². The third-order valence-corrected chi connectivity index (χ3v) is 5.90. The molecule has 1 atom stereocenters. The Kier molecular flexibility index (Phi) is 5.71. The SMILES string of the molecule is Cc1c(C(=O)N2CCC[C@H](c3nc(N(C)C)ncc3-c3cccc(F)c3)C2)cnn1C. The Hall–Kier alpha value is -3.29. The van der Waals surface area contributed by atoms with Gasteiger partial charge in [-0.3, -0.25) is 9.48 Å². The molecule has 0 radical (unpaired) electrons. The molecule has 0 saturated carbocycles. The molecule has 31 heavy (non-hydrogen) atoms. The summed E-state index contributed by atoms with van der Waals surface area (Å²) in [6.45, 7) is 3.15. The number of piperidine rings is 1. The predicted molar refractivity (Wildman–Crippen MR) is 118 cm³/mol. The van der Waals surface area contributed by atoms with Crippen LogP contribution in [0.5, 0.6) is 0 Å². The van der Waals surface area contributed by atoms with E-state index in [9.17, 15) is 9.18 Å². The molecule has 0 aliphatic carbocycles. The van der Waals surface area contributed by atoms with Crippen LogP contribution in [0.4, 0.5) is 10.3 Å². The Morgan fingerprint density at radius 3 is 2.74 bits per heavy atom. The molecule has 4 rings (SSSR count). The third-order valence-electron chi connectivity index (χ3n) is 5.90. The molecule has 3 aromatic rings. The van der Waals surface area contributed by atoms with E-state index in [1.54, 1.807) is 23.1 Å². The van der Waals surface area contributed by atoms with Gasteiger partial charge in [-0.15, -0.1) is 0 Å². The highest BCUT2D eigenvalue weighted by Crippen LogP contribution is 2.34. The molecule has 1 amide bonds. The zero-order valence-electron chi connectivity index (χ0n) is 18.3. The fourth-order valence-corrected chi connectivity index (χ4v) is 4.05. The van der Waals surface area contributed by atoms with Gasteiger partial charge in [-0.2, -0.15) is 5.10 Å². The van der Waals surface area contributed by atoms with Gasteiger partial charge in [0.15, 0.2) is 0 Å². The molecule has 3 heterocycles. The lowest BCUT2D eigenvalue weighted by Gasteiger charge is -2.33. The number of carbonyl (C=O) groups excluding carboxylic acids is 1. The lowest BCUT2D eigenvalue weighted by atomic mass is 9.89. The number of aromatic nitrogens is 4. The fourth-order valence-electron chi connectivity index (χ4n) is 4.05. The number of aryl methyl sites for hydroxylation is 1. The summed E-state index contributed by atoms with van der Waals surface area (Å²) < 4.78 is 15.6. The first-order valence-electron chi connectivity index (χ1n) is 10.4. The number of likely N-dealkylation sites (tertiary alicyclic amines) is 1. The first kappa shape index (κ1) is 21.0. The average Bonchev–Trinajstić information content (AvgIpc) is 3.11. The molecular weight excluding hydrogens is 395 g/mol. The Balaban J connectivity index is 1.69. The van der Waals surface area contributed by atoms with Gasteiger partial charge in [0.25, 0.3) is 5.91 Å². The van der Waals surface area contributed by atoms with E-state index in [1.807, 2.05) is 43.9 Å². The number of rotatable bonds is 4. The van der Waals surface area contributed by atoms with Crippen LogP contribution in [0, 0.1) is 12.7 Å². The number of hydrogen-bond donors (Lipinski definition) is 0. The Labute approximate surface area is 181 Å². The Morgan fingerprint density at radius 2 is 2.06 bits per heavy atom. The van der Waals surface area contributed by atoms with Crippen LogP contribution in [0.25, 0.3) is 11.1 Å². The Morgan fingerprint density at radius 1 is 1.26 bits per heavy atom. The van der Waals surface area contributed by atoms with Gasteiger partial charge in [0, 0.05) is 57.6 Å². The lowest BCUT2D eigenvalue weighted by molar-refractivity contribution is 0.0705. The van der Waals surface area contributed by atoms with E-state index in [1.165, 1.54) is 12.1 Å². The minimum atomic E-state index is -0.298. The summed E-state index contributed by atoms with van der Waals surface area (Å²) in [5, 5.41) is 4.21. The molecule has 0 unspecified atom stereocenters. The van der Waals surface area contributed by atoms with Crippen molar-refractivity contribution in [1.82, 2.24) is 24.6 Å². The van der Waals surface area contributed by atoms with Gasteiger partial charge < -0.3 is 9.80 Å². The summed E-state index contributed by atoms with van der Waals surface area (Å²) in [5.41, 5.74) is 3.88. The summed E-state index contributed by atoms with van der Waals surface area (Å²) in [6, 6.07) is 6.49. The Bertz CT molecular complexity index is 1110. The van der Waals surface area contributed by atoms with Crippen molar-refractivity contribution in [1.29, 1.82) is 0 Å². The average molecular weight is 423 g/mol. The van der Waals surface area contributed by atoms with E-state index in [0.717, 1.165) is 35.4 Å². The highest BCUT2D eigenvalue weighted by Gasteiger charge is 2.30. The van der Waals surface area contributed by atoms with Crippen molar-refractivity contribution in [3.05, 3.63) is 59.4 Å². The normalized spacial score (nSPS) is 16.4. The van der Waals surface area contributed by atoms with Crippen LogP contribution in [0.2, 0.25) is 0 Å². The van der Waals surface area contributed by atoms with Gasteiger partial charge in [-0.1, -0.05) is 12.1 Å². The van der Waals surface area contributed by atoms with Crippen molar-refractivity contribution in [2.24, 2.45) is 7.05 Å². The third kappa shape index (κ3) is 4.15. The monoisotopic (exact) mass is 422 g/mol. The molecule has 1 aliphatic rings. The highest BCUT2D eigenvalue weighted by atomic mass is 19.1. The number of amides is 1. The van der Waals surface area contributed by atoms with E-state index < -0.39 is 0 Å². The van der Waals surface area contributed by atoms with Gasteiger partial charge in [-0.25, -0.2) is 14.4 Å². The summed E-state index contributed by atoms with van der Waals surface area (Å²) in [4.78, 5) is 26.2. The van der Waals surface area contributed by atoms with Gasteiger partial charge in [-0.05, 0) is 37.5 Å². The van der Waals surface area contributed by atoms with Crippen LogP contribution in [-0.2, 0) is 7.05 Å². The maximum Gasteiger partial charge on any atom is 0.257 e. The van der Waals surface area contributed by atoms with Crippen molar-refractivity contribution in [2.45, 2.75) is 25.7 Å². The largest absolute Gasteiger partial charge is 0.347 e. The van der Waals surface area contributed by atoms with Crippen molar-refractivity contribution in [2.75, 3.05) is 32.1 Å². The molecule has 7 nitrogen and oxygen atoms in total. The van der Waals surface area contributed by atoms with Crippen LogP contribution in [-0.4, -0.2) is 57.7 Å². The number of hydrogen-bond acceptors (Lipinski definition) is 5. The van der Waals surface area contributed by atoms with Crippen LogP contribution in [0.15, 0.2) is 36.7 Å². The molecule has 8 heteroatoms. The van der Waals surface area contributed by atoms with E-state index in [2.05, 4.69) is 10.1 Å². The van der Waals surface area contributed by atoms with Crippen LogP contribution < -0.4 is 4.90 Å². The first-order valence-corrected chi connectivity index (χ1v) is 10.4. The molecule has 1 aliphatic heterocycles. The molecular formula is C23H27FN6O. The predicted octanol–water partition coefficient (Wildman–Crippen LogP) is 3.41. The van der Waals surface area contributed by atoms with E-state index in [-0.39, 0.29) is 17.6 Å². The first-order chi connectivity index (χ1) is 14.8. The quantitative estimate of drug-likeness (QED) is 0.645. The van der Waals surface area contributed by atoms with Gasteiger partial charge in [0.1, 0.15) is 5.82 Å². The topological polar surface area (TPSA) is 67.2 Å². The maximum absolute atomic E-state index is 13.9. The van der Waals surface area contributed by atoms with Gasteiger partial charge in [0.2, 0.25) is 5.95 Å². The van der Waals surface area contributed by atoms with Crippen LogP contribution in [0.3, 0.4) is 0 Å². The van der Waals surface area contributed by atoms with E-state index in [4.69, 9.17) is 4.98 Å². The molecule has 1 fully saturated rings. The smallest absolute Gasteiger partial charge is 0.257 e. The second kappa shape index (κ2) is 8.45. The molecule has 0 N–H and O–H groups in total. The van der Waals surface area contributed by atoms with E-state index in [0.29, 0.717) is 24.6 Å². The molecule has 2 aromatic heterocycles.